The average molecular weight is 669 g/mol. The van der Waals surface area contributed by atoms with Crippen molar-refractivity contribution in [3.8, 4) is 17.0 Å². The van der Waals surface area contributed by atoms with Crippen molar-refractivity contribution in [3.63, 3.8) is 0 Å². The van der Waals surface area contributed by atoms with Gasteiger partial charge < -0.3 is 24.2 Å². The standard InChI is InChI=1S/C39H52N6O4/c1-27-21-32(23-40-37(27)48-3)29-9-7-28(8-10-29)25-44(35-6-4-5-31(22-35)33-24-41-45(26-33)34-13-14-34)38(46)30-11-15-36(16-12-30)49-39(47)43-19-17-42(2)18-20-43/h4-6,21-24,26,28-30,34,36H,7-20,25H2,1-3H3/t28-,29-,30-,36-. The largest absolute Gasteiger partial charge is 0.481 e. The minimum absolute atomic E-state index is 0.0791. The predicted molar refractivity (Wildman–Crippen MR) is 190 cm³/mol. The van der Waals surface area contributed by atoms with Crippen LogP contribution in [-0.4, -0.2) is 89.5 Å². The Kier molecular flexibility index (Phi) is 10.2. The minimum atomic E-state index is -0.206. The molecule has 1 saturated heterocycles. The summed E-state index contributed by atoms with van der Waals surface area (Å²) in [6.45, 7) is 5.93. The van der Waals surface area contributed by atoms with E-state index in [-0.39, 0.29) is 24.0 Å². The number of rotatable bonds is 9. The summed E-state index contributed by atoms with van der Waals surface area (Å²) in [5.74, 6) is 1.72. The number of pyridine rings is 1. The van der Waals surface area contributed by atoms with Gasteiger partial charge in [0, 0.05) is 67.8 Å². The number of aryl methyl sites for hydroxylation is 1. The molecule has 4 fully saturated rings. The van der Waals surface area contributed by atoms with Crippen LogP contribution in [0.2, 0.25) is 0 Å². The van der Waals surface area contributed by atoms with Crippen LogP contribution in [0.5, 0.6) is 5.88 Å². The van der Waals surface area contributed by atoms with E-state index in [4.69, 9.17) is 9.47 Å². The van der Waals surface area contributed by atoms with Crippen LogP contribution in [0.15, 0.2) is 48.9 Å². The Bertz CT molecular complexity index is 1600. The molecule has 1 aliphatic heterocycles. The first-order chi connectivity index (χ1) is 23.8. The number of anilines is 1. The Balaban J connectivity index is 1.03. The van der Waals surface area contributed by atoms with Gasteiger partial charge in [-0.3, -0.25) is 9.48 Å². The molecule has 1 aromatic carbocycles. The number of carbonyl (C=O) groups excluding carboxylic acids is 2. The van der Waals surface area contributed by atoms with Crippen LogP contribution in [-0.2, 0) is 9.53 Å². The molecule has 4 aliphatic rings. The van der Waals surface area contributed by atoms with E-state index in [9.17, 15) is 9.59 Å². The summed E-state index contributed by atoms with van der Waals surface area (Å²) < 4.78 is 13.4. The molecule has 0 bridgehead atoms. The monoisotopic (exact) mass is 668 g/mol. The third-order valence-electron chi connectivity index (χ3n) is 11.3. The molecule has 3 aromatic rings. The van der Waals surface area contributed by atoms with Crippen molar-refractivity contribution >= 4 is 17.7 Å². The highest BCUT2D eigenvalue weighted by molar-refractivity contribution is 5.95. The van der Waals surface area contributed by atoms with Crippen LogP contribution < -0.4 is 9.64 Å². The molecule has 262 valence electrons. The summed E-state index contributed by atoms with van der Waals surface area (Å²) in [6.07, 6.45) is 15.4. The molecular weight excluding hydrogens is 616 g/mol. The summed E-state index contributed by atoms with van der Waals surface area (Å²) in [5.41, 5.74) is 5.50. The average Bonchev–Trinajstić information content (AvgIpc) is 3.86. The number of nitrogens with zero attached hydrogens (tertiary/aromatic N) is 6. The smallest absolute Gasteiger partial charge is 0.410 e. The molecule has 3 aliphatic carbocycles. The molecule has 0 unspecified atom stereocenters. The van der Waals surface area contributed by atoms with Crippen LogP contribution in [0.3, 0.4) is 0 Å². The lowest BCUT2D eigenvalue weighted by molar-refractivity contribution is -0.124. The SMILES string of the molecule is COc1ncc([C@H]2CC[C@H](CN(c3cccc(-c4cnn(C5CC5)c4)c3)C(=O)[C@H]3CC[C@H](OC(=O)N4CCN(C)CC4)CC3)CC2)cc1C. The fraction of sp³-hybridized carbons (Fsp3) is 0.590. The zero-order valence-electron chi connectivity index (χ0n) is 29.4. The maximum absolute atomic E-state index is 14.5. The Labute approximate surface area is 290 Å². The molecule has 3 saturated carbocycles. The molecule has 7 rings (SSSR count). The normalized spacial score (nSPS) is 24.8. The Morgan fingerprint density at radius 1 is 0.898 bits per heavy atom. The summed E-state index contributed by atoms with van der Waals surface area (Å²) >= 11 is 0. The van der Waals surface area contributed by atoms with E-state index in [1.54, 1.807) is 7.11 Å². The fourth-order valence-corrected chi connectivity index (χ4v) is 8.01. The number of hydrogen-bond acceptors (Lipinski definition) is 7. The van der Waals surface area contributed by atoms with E-state index in [1.807, 2.05) is 17.3 Å². The van der Waals surface area contributed by atoms with Gasteiger partial charge in [-0.15, -0.1) is 0 Å². The second kappa shape index (κ2) is 14.9. The highest BCUT2D eigenvalue weighted by atomic mass is 16.6. The zero-order chi connectivity index (χ0) is 33.9. The van der Waals surface area contributed by atoms with Crippen molar-refractivity contribution in [2.45, 2.75) is 89.2 Å². The van der Waals surface area contributed by atoms with Crippen molar-refractivity contribution in [1.82, 2.24) is 24.6 Å². The maximum Gasteiger partial charge on any atom is 0.410 e. The van der Waals surface area contributed by atoms with Crippen LogP contribution >= 0.6 is 0 Å². The van der Waals surface area contributed by atoms with Crippen molar-refractivity contribution in [1.29, 1.82) is 0 Å². The van der Waals surface area contributed by atoms with Crippen LogP contribution in [0.1, 0.15) is 87.3 Å². The number of amides is 2. The van der Waals surface area contributed by atoms with Gasteiger partial charge in [0.05, 0.1) is 19.3 Å². The first-order valence-corrected chi connectivity index (χ1v) is 18.4. The van der Waals surface area contributed by atoms with Gasteiger partial charge in [0.1, 0.15) is 6.10 Å². The number of aromatic nitrogens is 3. The summed E-state index contributed by atoms with van der Waals surface area (Å²) in [5, 5.41) is 4.62. The van der Waals surface area contributed by atoms with E-state index in [0.717, 1.165) is 86.8 Å². The number of piperazine rings is 1. The number of benzene rings is 1. The second-order valence-electron chi connectivity index (χ2n) is 14.9. The molecule has 2 amide bonds. The third-order valence-corrected chi connectivity index (χ3v) is 11.3. The fourth-order valence-electron chi connectivity index (χ4n) is 8.01. The second-order valence-corrected chi connectivity index (χ2v) is 14.9. The van der Waals surface area contributed by atoms with Gasteiger partial charge >= 0.3 is 6.09 Å². The Morgan fingerprint density at radius 3 is 2.35 bits per heavy atom. The number of methoxy groups -OCH3 is 1. The first-order valence-electron chi connectivity index (χ1n) is 18.4. The van der Waals surface area contributed by atoms with Gasteiger partial charge in [-0.2, -0.15) is 5.10 Å². The number of likely N-dealkylation sites (N-methyl/N-ethyl adjacent to an activating group) is 1. The van der Waals surface area contributed by atoms with Crippen molar-refractivity contribution in [3.05, 3.63) is 60.0 Å². The zero-order valence-corrected chi connectivity index (χ0v) is 29.4. The third kappa shape index (κ3) is 7.95. The van der Waals surface area contributed by atoms with Crippen LogP contribution in [0.25, 0.3) is 11.1 Å². The number of carbonyl (C=O) groups is 2. The molecule has 3 heterocycles. The molecule has 0 radical (unpaired) electrons. The Morgan fingerprint density at radius 2 is 1.65 bits per heavy atom. The topological polar surface area (TPSA) is 93.0 Å². The predicted octanol–water partition coefficient (Wildman–Crippen LogP) is 6.85. The molecule has 0 spiro atoms. The quantitative estimate of drug-likeness (QED) is 0.246. The van der Waals surface area contributed by atoms with E-state index in [1.165, 1.54) is 18.4 Å². The Hall–Kier alpha value is -3.92. The van der Waals surface area contributed by atoms with E-state index >= 15 is 0 Å². The van der Waals surface area contributed by atoms with Gasteiger partial charge in [0.2, 0.25) is 11.8 Å². The molecule has 0 atom stereocenters. The summed E-state index contributed by atoms with van der Waals surface area (Å²) in [6, 6.07) is 11.2. The van der Waals surface area contributed by atoms with Crippen molar-refractivity contribution < 1.29 is 19.1 Å². The van der Waals surface area contributed by atoms with Gasteiger partial charge in [-0.1, -0.05) is 12.1 Å². The van der Waals surface area contributed by atoms with E-state index < -0.39 is 0 Å². The lowest BCUT2D eigenvalue weighted by atomic mass is 9.78. The highest BCUT2D eigenvalue weighted by Gasteiger charge is 2.35. The first kappa shape index (κ1) is 33.6. The van der Waals surface area contributed by atoms with Gasteiger partial charge in [-0.05, 0) is 119 Å². The molecule has 49 heavy (non-hydrogen) atoms. The van der Waals surface area contributed by atoms with Crippen molar-refractivity contribution in [2.24, 2.45) is 11.8 Å². The molecule has 0 N–H and O–H groups in total. The molecule has 10 heteroatoms. The number of ether oxygens (including phenoxy) is 2. The molecular formula is C39H52N6O4. The molecule has 2 aromatic heterocycles. The summed E-state index contributed by atoms with van der Waals surface area (Å²) in [7, 11) is 3.75. The van der Waals surface area contributed by atoms with Crippen LogP contribution in [0, 0.1) is 18.8 Å². The van der Waals surface area contributed by atoms with Crippen LogP contribution in [0.4, 0.5) is 10.5 Å². The highest BCUT2D eigenvalue weighted by Crippen LogP contribution is 2.39. The van der Waals surface area contributed by atoms with Gasteiger partial charge in [0.25, 0.3) is 0 Å². The van der Waals surface area contributed by atoms with Gasteiger partial charge in [-0.25, -0.2) is 9.78 Å². The number of hydrogen-bond donors (Lipinski definition) is 0. The van der Waals surface area contributed by atoms with E-state index in [2.05, 4.69) is 75.1 Å². The minimum Gasteiger partial charge on any atom is -0.481 e. The molecule has 10 nitrogen and oxygen atoms in total. The maximum atomic E-state index is 14.5. The van der Waals surface area contributed by atoms with E-state index in [0.29, 0.717) is 43.4 Å². The summed E-state index contributed by atoms with van der Waals surface area (Å²) in [4.78, 5) is 38.0. The lowest BCUT2D eigenvalue weighted by Crippen LogP contribution is -2.48. The lowest BCUT2D eigenvalue weighted by Gasteiger charge is -2.37. The van der Waals surface area contributed by atoms with Crippen molar-refractivity contribution in [2.75, 3.05) is 51.8 Å². The van der Waals surface area contributed by atoms with Gasteiger partial charge in [0.15, 0.2) is 0 Å².